The van der Waals surface area contributed by atoms with E-state index in [0.717, 1.165) is 46.1 Å². The molecule has 1 aliphatic heterocycles. The Bertz CT molecular complexity index is 2020. The van der Waals surface area contributed by atoms with Crippen molar-refractivity contribution >= 4 is 75.4 Å². The minimum absolute atomic E-state index is 0.134. The van der Waals surface area contributed by atoms with Gasteiger partial charge in [0.05, 0.1) is 14.3 Å². The summed E-state index contributed by atoms with van der Waals surface area (Å²) in [6, 6.07) is 20.5. The van der Waals surface area contributed by atoms with E-state index in [1.807, 2.05) is 36.4 Å². The first-order valence-electron chi connectivity index (χ1n) is 13.6. The Morgan fingerprint density at radius 3 is 2.23 bits per heavy atom. The molecule has 0 bridgehead atoms. The normalized spacial score (nSPS) is 15.1. The summed E-state index contributed by atoms with van der Waals surface area (Å²) in [6.45, 7) is 5.05. The number of nitrogens with zero attached hydrogens (tertiary/aromatic N) is 1. The van der Waals surface area contributed by atoms with Crippen molar-refractivity contribution in [2.75, 3.05) is 13.1 Å². The number of fused-ring (bicyclic) bond motifs is 3. The SMILES string of the molecule is CCCCN(CCCC)S(=O)(=O)c1ccc2s/c(=C3/Sc4ccc5ccccc5c4C3=O)c(=O)c3cccc1c23. The molecule has 0 unspecified atom stereocenters. The first-order chi connectivity index (χ1) is 19.4. The zero-order valence-corrected chi connectivity index (χ0v) is 24.8. The number of unbranched alkanes of at least 4 members (excludes halogenated alkanes) is 2. The van der Waals surface area contributed by atoms with Gasteiger partial charge < -0.3 is 0 Å². The van der Waals surface area contributed by atoms with Crippen LogP contribution in [-0.4, -0.2) is 31.6 Å². The number of rotatable bonds is 8. The number of hydrogen-bond donors (Lipinski definition) is 0. The van der Waals surface area contributed by atoms with Crippen molar-refractivity contribution in [3.8, 4) is 0 Å². The molecule has 0 atom stereocenters. The monoisotopic (exact) mass is 587 g/mol. The zero-order valence-electron chi connectivity index (χ0n) is 22.4. The molecule has 0 fully saturated rings. The Balaban J connectivity index is 1.55. The van der Waals surface area contributed by atoms with Crippen LogP contribution in [0.4, 0.5) is 0 Å². The Morgan fingerprint density at radius 2 is 1.48 bits per heavy atom. The minimum atomic E-state index is -3.76. The van der Waals surface area contributed by atoms with Crippen LogP contribution < -0.4 is 9.96 Å². The van der Waals surface area contributed by atoms with Crippen LogP contribution in [0.3, 0.4) is 0 Å². The van der Waals surface area contributed by atoms with Gasteiger partial charge in [-0.2, -0.15) is 4.31 Å². The highest BCUT2D eigenvalue weighted by molar-refractivity contribution is 8.10. The van der Waals surface area contributed by atoms with Crippen LogP contribution >= 0.6 is 23.1 Å². The van der Waals surface area contributed by atoms with E-state index in [1.165, 1.54) is 23.1 Å². The molecule has 5 aromatic rings. The van der Waals surface area contributed by atoms with Gasteiger partial charge in [-0.05, 0) is 41.8 Å². The molecule has 0 amide bonds. The Labute approximate surface area is 241 Å². The maximum atomic E-state index is 13.9. The summed E-state index contributed by atoms with van der Waals surface area (Å²) in [6.07, 6.45) is 3.39. The second-order valence-electron chi connectivity index (χ2n) is 10.1. The molecule has 0 saturated heterocycles. The van der Waals surface area contributed by atoms with Gasteiger partial charge in [-0.15, -0.1) is 11.3 Å². The molecule has 4 aromatic carbocycles. The molecule has 0 aliphatic carbocycles. The lowest BCUT2D eigenvalue weighted by Crippen LogP contribution is -2.33. The Kier molecular flexibility index (Phi) is 7.29. The van der Waals surface area contributed by atoms with E-state index in [9.17, 15) is 18.0 Å². The topological polar surface area (TPSA) is 71.5 Å². The Morgan fingerprint density at radius 1 is 0.775 bits per heavy atom. The van der Waals surface area contributed by atoms with Crippen LogP contribution in [0.5, 0.6) is 0 Å². The second kappa shape index (κ2) is 10.7. The number of thioether (sulfide) groups is 1. The third-order valence-corrected chi connectivity index (χ3v) is 11.9. The highest BCUT2D eigenvalue weighted by Crippen LogP contribution is 2.44. The minimum Gasteiger partial charge on any atom is -0.288 e. The lowest BCUT2D eigenvalue weighted by Gasteiger charge is -2.23. The van der Waals surface area contributed by atoms with E-state index < -0.39 is 10.0 Å². The summed E-state index contributed by atoms with van der Waals surface area (Å²) in [4.78, 5) is 29.2. The van der Waals surface area contributed by atoms with Crippen LogP contribution in [0.15, 0.2) is 81.3 Å². The van der Waals surface area contributed by atoms with Crippen LogP contribution in [0.1, 0.15) is 49.9 Å². The summed E-state index contributed by atoms with van der Waals surface area (Å²) < 4.78 is 30.6. The predicted octanol–water partition coefficient (Wildman–Crippen LogP) is 6.97. The third-order valence-electron chi connectivity index (χ3n) is 7.51. The van der Waals surface area contributed by atoms with Crippen molar-refractivity contribution < 1.29 is 13.2 Å². The molecule has 204 valence electrons. The van der Waals surface area contributed by atoms with E-state index in [0.29, 0.717) is 44.2 Å². The van der Waals surface area contributed by atoms with Crippen molar-refractivity contribution in [1.82, 2.24) is 4.31 Å². The number of ketones is 1. The molecule has 2 heterocycles. The zero-order chi connectivity index (χ0) is 28.0. The molecule has 40 heavy (non-hydrogen) atoms. The highest BCUT2D eigenvalue weighted by atomic mass is 32.2. The van der Waals surface area contributed by atoms with Crippen molar-refractivity contribution in [2.24, 2.45) is 0 Å². The predicted molar refractivity (Wildman–Crippen MR) is 167 cm³/mol. The molecule has 1 aromatic heterocycles. The first-order valence-corrected chi connectivity index (χ1v) is 16.7. The molecule has 5 nitrogen and oxygen atoms in total. The van der Waals surface area contributed by atoms with Crippen molar-refractivity contribution in [1.29, 1.82) is 0 Å². The van der Waals surface area contributed by atoms with Crippen LogP contribution in [0, 0.1) is 0 Å². The van der Waals surface area contributed by atoms with E-state index in [1.54, 1.807) is 34.6 Å². The quantitative estimate of drug-likeness (QED) is 0.196. The molecular weight excluding hydrogens is 559 g/mol. The standard InChI is InChI=1S/C32H29NO4S3/c1-3-5-18-33(19-6-4-2)40(36,37)26-17-16-24-27-22(26)12-9-13-23(27)29(34)31(38-24)32-30(35)28-21-11-8-7-10-20(21)14-15-25(28)39-32/h7-17H,3-6,18-19H2,1-2H3/b32-31+. The van der Waals surface area contributed by atoms with E-state index in [4.69, 9.17) is 0 Å². The van der Waals surface area contributed by atoms with Gasteiger partial charge in [-0.1, -0.05) is 87.0 Å². The summed E-state index contributed by atoms with van der Waals surface area (Å²) in [7, 11) is -3.76. The fourth-order valence-corrected chi connectivity index (χ4v) is 9.49. The average molecular weight is 588 g/mol. The highest BCUT2D eigenvalue weighted by Gasteiger charge is 2.31. The third kappa shape index (κ3) is 4.38. The van der Waals surface area contributed by atoms with Crippen molar-refractivity contribution in [2.45, 2.75) is 49.3 Å². The van der Waals surface area contributed by atoms with Gasteiger partial charge in [0.1, 0.15) is 0 Å². The van der Waals surface area contributed by atoms with Gasteiger partial charge in [-0.3, -0.25) is 9.59 Å². The molecule has 0 saturated carbocycles. The summed E-state index contributed by atoms with van der Waals surface area (Å²) in [5.74, 6) is -0.134. The number of Topliss-reactive ketones (excluding diaryl/α,β-unsaturated/α-hetero) is 1. The maximum absolute atomic E-state index is 13.9. The van der Waals surface area contributed by atoms with Crippen LogP contribution in [0.2, 0.25) is 0 Å². The fraction of sp³-hybridized carbons (Fsp3) is 0.250. The van der Waals surface area contributed by atoms with Gasteiger partial charge in [0, 0.05) is 44.4 Å². The van der Waals surface area contributed by atoms with E-state index in [-0.39, 0.29) is 16.1 Å². The number of sulfonamides is 1. The van der Waals surface area contributed by atoms with Gasteiger partial charge >= 0.3 is 0 Å². The largest absolute Gasteiger partial charge is 0.288 e. The summed E-state index contributed by atoms with van der Waals surface area (Å²) in [5.41, 5.74) is 0.406. The molecule has 0 radical (unpaired) electrons. The van der Waals surface area contributed by atoms with Crippen LogP contribution in [-0.2, 0) is 10.0 Å². The first kappa shape index (κ1) is 27.1. The number of hydrogen-bond acceptors (Lipinski definition) is 6. The lowest BCUT2D eigenvalue weighted by molar-refractivity contribution is 0.106. The van der Waals surface area contributed by atoms with E-state index in [2.05, 4.69) is 13.8 Å². The molecule has 0 N–H and O–H groups in total. The fourth-order valence-electron chi connectivity index (χ4n) is 5.43. The van der Waals surface area contributed by atoms with Gasteiger partial charge in [0.15, 0.2) is 0 Å². The van der Waals surface area contributed by atoms with Crippen molar-refractivity contribution in [3.05, 3.63) is 87.0 Å². The molecule has 0 spiro atoms. The van der Waals surface area contributed by atoms with Crippen LogP contribution in [0.25, 0.3) is 36.5 Å². The molecule has 1 aliphatic rings. The smallest absolute Gasteiger partial charge is 0.243 e. The number of carbonyl (C=O) groups is 1. The van der Waals surface area contributed by atoms with Crippen molar-refractivity contribution in [3.63, 3.8) is 0 Å². The Hall–Kier alpha value is -3.04. The second-order valence-corrected chi connectivity index (χ2v) is 14.1. The summed E-state index contributed by atoms with van der Waals surface area (Å²) >= 11 is 2.62. The maximum Gasteiger partial charge on any atom is 0.243 e. The number of carbonyl (C=O) groups excluding carboxylic acids is 1. The average Bonchev–Trinajstić information content (AvgIpc) is 3.31. The molecule has 6 rings (SSSR count). The lowest BCUT2D eigenvalue weighted by atomic mass is 10.0. The number of benzene rings is 4. The molecular formula is C32H29NO4S3. The molecule has 8 heteroatoms. The van der Waals surface area contributed by atoms with Gasteiger partial charge in [0.25, 0.3) is 0 Å². The van der Waals surface area contributed by atoms with E-state index >= 15 is 0 Å². The summed E-state index contributed by atoms with van der Waals surface area (Å²) in [5, 5.41) is 3.51. The van der Waals surface area contributed by atoms with Gasteiger partial charge in [0.2, 0.25) is 21.2 Å². The van der Waals surface area contributed by atoms with Gasteiger partial charge in [-0.25, -0.2) is 8.42 Å².